The van der Waals surface area contributed by atoms with Gasteiger partial charge in [-0.3, -0.25) is 9.59 Å². The van der Waals surface area contributed by atoms with Crippen molar-refractivity contribution in [2.24, 2.45) is 0 Å². The van der Waals surface area contributed by atoms with Crippen LogP contribution in [0.15, 0.2) is 47.3 Å². The molecule has 0 amide bonds. The van der Waals surface area contributed by atoms with Crippen LogP contribution < -0.4 is 0 Å². The Labute approximate surface area is 117 Å². The van der Waals surface area contributed by atoms with Gasteiger partial charge in [0.05, 0.1) is 25.6 Å². The van der Waals surface area contributed by atoms with E-state index >= 15 is 0 Å². The number of esters is 1. The van der Waals surface area contributed by atoms with Gasteiger partial charge in [0.25, 0.3) is 0 Å². The van der Waals surface area contributed by atoms with Crippen molar-refractivity contribution in [3.63, 3.8) is 0 Å². The van der Waals surface area contributed by atoms with E-state index in [0.717, 1.165) is 11.1 Å². The van der Waals surface area contributed by atoms with E-state index in [4.69, 9.17) is 9.15 Å². The predicted molar refractivity (Wildman–Crippen MR) is 74.3 cm³/mol. The number of ether oxygens (including phenoxy) is 1. The molecule has 20 heavy (non-hydrogen) atoms. The van der Waals surface area contributed by atoms with Gasteiger partial charge in [-0.15, -0.1) is 0 Å². The number of furan rings is 1. The van der Waals surface area contributed by atoms with Gasteiger partial charge in [0.1, 0.15) is 0 Å². The Bertz CT molecular complexity index is 567. The van der Waals surface area contributed by atoms with Gasteiger partial charge in [0.15, 0.2) is 5.78 Å². The lowest BCUT2D eigenvalue weighted by Gasteiger charge is -2.03. The van der Waals surface area contributed by atoms with Crippen LogP contribution in [0.25, 0.3) is 11.1 Å². The average molecular weight is 272 g/mol. The minimum Gasteiger partial charge on any atom is -0.472 e. The number of hydrogen-bond donors (Lipinski definition) is 0. The van der Waals surface area contributed by atoms with Gasteiger partial charge in [0, 0.05) is 17.5 Å². The summed E-state index contributed by atoms with van der Waals surface area (Å²) < 4.78 is 9.81. The molecule has 2 aromatic rings. The molecule has 0 N–H and O–H groups in total. The molecule has 0 bridgehead atoms. The van der Waals surface area contributed by atoms with Crippen molar-refractivity contribution < 1.29 is 18.7 Å². The zero-order valence-corrected chi connectivity index (χ0v) is 11.3. The Kier molecular flexibility index (Phi) is 4.71. The summed E-state index contributed by atoms with van der Waals surface area (Å²) in [7, 11) is 0. The first-order valence-corrected chi connectivity index (χ1v) is 6.52. The topological polar surface area (TPSA) is 56.5 Å². The van der Waals surface area contributed by atoms with Crippen LogP contribution in [-0.2, 0) is 9.53 Å². The maximum atomic E-state index is 11.9. The van der Waals surface area contributed by atoms with Gasteiger partial charge in [-0.25, -0.2) is 0 Å². The van der Waals surface area contributed by atoms with E-state index in [1.165, 1.54) is 0 Å². The highest BCUT2D eigenvalue weighted by molar-refractivity contribution is 5.97. The molecule has 0 aliphatic carbocycles. The fourth-order valence-electron chi connectivity index (χ4n) is 1.87. The summed E-state index contributed by atoms with van der Waals surface area (Å²) in [5, 5.41) is 0. The van der Waals surface area contributed by atoms with Crippen molar-refractivity contribution in [2.45, 2.75) is 19.8 Å². The molecule has 1 aromatic heterocycles. The number of Topliss-reactive ketones (excluding diaryl/α,β-unsaturated/α-hetero) is 1. The fourth-order valence-corrected chi connectivity index (χ4v) is 1.87. The maximum absolute atomic E-state index is 11.9. The van der Waals surface area contributed by atoms with Crippen LogP contribution in [-0.4, -0.2) is 18.4 Å². The minimum absolute atomic E-state index is 0.0585. The molecule has 0 saturated carbocycles. The third-order valence-electron chi connectivity index (χ3n) is 2.92. The lowest BCUT2D eigenvalue weighted by atomic mass is 10.0. The Hall–Kier alpha value is -2.36. The first-order chi connectivity index (χ1) is 9.70. The van der Waals surface area contributed by atoms with E-state index in [1.54, 1.807) is 31.6 Å². The molecule has 0 aliphatic rings. The minimum atomic E-state index is -0.337. The molecule has 0 saturated heterocycles. The number of rotatable bonds is 6. The third-order valence-corrected chi connectivity index (χ3v) is 2.92. The van der Waals surface area contributed by atoms with E-state index in [0.29, 0.717) is 12.2 Å². The lowest BCUT2D eigenvalue weighted by Crippen LogP contribution is -2.07. The van der Waals surface area contributed by atoms with E-state index < -0.39 is 0 Å². The number of carbonyl (C=O) groups excluding carboxylic acids is 2. The largest absolute Gasteiger partial charge is 0.472 e. The van der Waals surface area contributed by atoms with Gasteiger partial charge in [-0.1, -0.05) is 24.3 Å². The van der Waals surface area contributed by atoms with Gasteiger partial charge in [-0.2, -0.15) is 0 Å². The molecule has 0 fully saturated rings. The molecular formula is C16H16O4. The van der Waals surface area contributed by atoms with Crippen LogP contribution in [0.1, 0.15) is 30.1 Å². The van der Waals surface area contributed by atoms with Crippen molar-refractivity contribution in [1.29, 1.82) is 0 Å². The van der Waals surface area contributed by atoms with Crippen molar-refractivity contribution in [3.8, 4) is 11.1 Å². The molecule has 1 aromatic carbocycles. The highest BCUT2D eigenvalue weighted by Gasteiger charge is 2.10. The van der Waals surface area contributed by atoms with E-state index in [1.807, 2.05) is 18.2 Å². The van der Waals surface area contributed by atoms with E-state index in [2.05, 4.69) is 0 Å². The smallest absolute Gasteiger partial charge is 0.306 e. The summed E-state index contributed by atoms with van der Waals surface area (Å²) in [5.74, 6) is -0.396. The molecular weight excluding hydrogens is 256 g/mol. The van der Waals surface area contributed by atoms with E-state index in [-0.39, 0.29) is 24.6 Å². The summed E-state index contributed by atoms with van der Waals surface area (Å²) in [5.41, 5.74) is 2.55. The van der Waals surface area contributed by atoms with Crippen LogP contribution >= 0.6 is 0 Å². The molecule has 0 spiro atoms. The Balaban J connectivity index is 1.96. The molecule has 2 rings (SSSR count). The SMILES string of the molecule is CCOC(=O)CCC(=O)c1ccc(-c2ccoc2)cc1. The van der Waals surface area contributed by atoms with Gasteiger partial charge < -0.3 is 9.15 Å². The van der Waals surface area contributed by atoms with Crippen molar-refractivity contribution >= 4 is 11.8 Å². The quantitative estimate of drug-likeness (QED) is 0.596. The zero-order chi connectivity index (χ0) is 14.4. The highest BCUT2D eigenvalue weighted by atomic mass is 16.5. The molecule has 4 nitrogen and oxygen atoms in total. The van der Waals surface area contributed by atoms with Crippen LogP contribution in [0.2, 0.25) is 0 Å². The van der Waals surface area contributed by atoms with Crippen LogP contribution in [0.4, 0.5) is 0 Å². The summed E-state index contributed by atoms with van der Waals surface area (Å²) in [6, 6.07) is 9.11. The Morgan fingerprint density at radius 2 is 1.80 bits per heavy atom. The van der Waals surface area contributed by atoms with Crippen LogP contribution in [0.5, 0.6) is 0 Å². The molecule has 0 unspecified atom stereocenters. The number of hydrogen-bond acceptors (Lipinski definition) is 4. The molecule has 0 radical (unpaired) electrons. The standard InChI is InChI=1S/C16H16O4/c1-2-20-16(18)8-7-15(17)13-5-3-12(4-6-13)14-9-10-19-11-14/h3-6,9-11H,2,7-8H2,1H3. The monoisotopic (exact) mass is 272 g/mol. The number of benzene rings is 1. The Morgan fingerprint density at radius 3 is 2.40 bits per heavy atom. The zero-order valence-electron chi connectivity index (χ0n) is 11.3. The normalized spacial score (nSPS) is 10.2. The molecule has 1 heterocycles. The van der Waals surface area contributed by atoms with Gasteiger partial charge in [-0.05, 0) is 18.6 Å². The number of carbonyl (C=O) groups is 2. The molecule has 4 heteroatoms. The predicted octanol–water partition coefficient (Wildman–Crippen LogP) is 3.47. The van der Waals surface area contributed by atoms with Gasteiger partial charge in [0.2, 0.25) is 0 Å². The van der Waals surface area contributed by atoms with Crippen molar-refractivity contribution in [3.05, 3.63) is 48.4 Å². The molecule has 104 valence electrons. The summed E-state index contributed by atoms with van der Waals surface area (Å²) in [6.07, 6.45) is 3.55. The van der Waals surface area contributed by atoms with Crippen LogP contribution in [0.3, 0.4) is 0 Å². The summed E-state index contributed by atoms with van der Waals surface area (Å²) in [6.45, 7) is 2.08. The highest BCUT2D eigenvalue weighted by Crippen LogP contribution is 2.20. The second kappa shape index (κ2) is 6.70. The second-order valence-corrected chi connectivity index (χ2v) is 4.32. The van der Waals surface area contributed by atoms with Crippen molar-refractivity contribution in [1.82, 2.24) is 0 Å². The maximum Gasteiger partial charge on any atom is 0.306 e. The van der Waals surface area contributed by atoms with Gasteiger partial charge >= 0.3 is 5.97 Å². The summed E-state index contributed by atoms with van der Waals surface area (Å²) in [4.78, 5) is 23.1. The average Bonchev–Trinajstić information content (AvgIpc) is 2.99. The molecule has 0 atom stereocenters. The number of ketones is 1. The van der Waals surface area contributed by atoms with Crippen LogP contribution in [0, 0.1) is 0 Å². The summed E-state index contributed by atoms with van der Waals surface area (Å²) >= 11 is 0. The lowest BCUT2D eigenvalue weighted by molar-refractivity contribution is -0.143. The fraction of sp³-hybridized carbons (Fsp3) is 0.250. The van der Waals surface area contributed by atoms with E-state index in [9.17, 15) is 9.59 Å². The molecule has 0 aliphatic heterocycles. The Morgan fingerprint density at radius 1 is 1.05 bits per heavy atom. The first kappa shape index (κ1) is 14.1. The third kappa shape index (κ3) is 3.57. The second-order valence-electron chi connectivity index (χ2n) is 4.32. The van der Waals surface area contributed by atoms with Crippen molar-refractivity contribution in [2.75, 3.05) is 6.61 Å². The first-order valence-electron chi connectivity index (χ1n) is 6.52.